The molecular formula is C29H28O6. The van der Waals surface area contributed by atoms with E-state index in [1.165, 1.54) is 30.3 Å². The lowest BCUT2D eigenvalue weighted by Gasteiger charge is -2.17. The zero-order chi connectivity index (χ0) is 25.3. The van der Waals surface area contributed by atoms with Crippen molar-refractivity contribution in [2.24, 2.45) is 0 Å². The van der Waals surface area contributed by atoms with Crippen LogP contribution in [0.2, 0.25) is 0 Å². The van der Waals surface area contributed by atoms with Gasteiger partial charge in [-0.05, 0) is 65.9 Å². The van der Waals surface area contributed by atoms with Crippen molar-refractivity contribution in [1.29, 1.82) is 0 Å². The number of phenols is 6. The molecule has 0 saturated heterocycles. The van der Waals surface area contributed by atoms with Crippen LogP contribution < -0.4 is 0 Å². The molecule has 0 atom stereocenters. The quantitative estimate of drug-likeness (QED) is 0.226. The van der Waals surface area contributed by atoms with Gasteiger partial charge in [0.15, 0.2) is 0 Å². The zero-order valence-corrected chi connectivity index (χ0v) is 19.6. The van der Waals surface area contributed by atoms with Crippen molar-refractivity contribution in [1.82, 2.24) is 0 Å². The van der Waals surface area contributed by atoms with Crippen molar-refractivity contribution >= 4 is 0 Å². The third-order valence-corrected chi connectivity index (χ3v) is 6.41. The number of aromatic hydroxyl groups is 6. The fourth-order valence-corrected chi connectivity index (χ4v) is 4.28. The highest BCUT2D eigenvalue weighted by atomic mass is 16.3. The summed E-state index contributed by atoms with van der Waals surface area (Å²) in [5, 5.41) is 63.1. The predicted molar refractivity (Wildman–Crippen MR) is 134 cm³/mol. The van der Waals surface area contributed by atoms with E-state index in [-0.39, 0.29) is 58.5 Å². The van der Waals surface area contributed by atoms with Crippen LogP contribution in [-0.2, 0) is 19.3 Å². The first kappa shape index (κ1) is 23.8. The normalized spacial score (nSPS) is 11.0. The van der Waals surface area contributed by atoms with Gasteiger partial charge in [0.05, 0.1) is 0 Å². The van der Waals surface area contributed by atoms with Gasteiger partial charge in [-0.3, -0.25) is 0 Å². The van der Waals surface area contributed by atoms with Crippen LogP contribution >= 0.6 is 0 Å². The monoisotopic (exact) mass is 472 g/mol. The Bertz CT molecular complexity index is 1390. The van der Waals surface area contributed by atoms with E-state index in [4.69, 9.17) is 0 Å². The molecule has 6 heteroatoms. The van der Waals surface area contributed by atoms with Gasteiger partial charge in [-0.15, -0.1) is 0 Å². The van der Waals surface area contributed by atoms with E-state index in [0.717, 1.165) is 11.1 Å². The third-order valence-electron chi connectivity index (χ3n) is 6.41. The molecular weight excluding hydrogens is 444 g/mol. The Kier molecular flexibility index (Phi) is 6.47. The molecule has 0 bridgehead atoms. The van der Waals surface area contributed by atoms with Crippen LogP contribution in [0, 0.1) is 13.8 Å². The molecule has 0 amide bonds. The molecule has 0 saturated carbocycles. The molecule has 4 aromatic carbocycles. The molecule has 0 spiro atoms. The molecule has 180 valence electrons. The number of benzene rings is 4. The maximum Gasteiger partial charge on any atom is 0.126 e. The maximum absolute atomic E-state index is 11.1. The molecule has 0 radical (unpaired) electrons. The van der Waals surface area contributed by atoms with Gasteiger partial charge < -0.3 is 30.6 Å². The fourth-order valence-electron chi connectivity index (χ4n) is 4.28. The zero-order valence-electron chi connectivity index (χ0n) is 19.6. The predicted octanol–water partition coefficient (Wildman–Crippen LogP) is 5.31. The van der Waals surface area contributed by atoms with Crippen molar-refractivity contribution < 1.29 is 30.6 Å². The molecule has 4 rings (SSSR count). The molecule has 0 aromatic heterocycles. The second kappa shape index (κ2) is 9.50. The first-order valence-electron chi connectivity index (χ1n) is 11.3. The second-order valence-electron chi connectivity index (χ2n) is 8.88. The maximum atomic E-state index is 11.1. The van der Waals surface area contributed by atoms with E-state index < -0.39 is 0 Å². The number of aryl methyl sites for hydroxylation is 2. The molecule has 6 nitrogen and oxygen atoms in total. The first-order chi connectivity index (χ1) is 16.7. The van der Waals surface area contributed by atoms with Gasteiger partial charge in [0, 0.05) is 36.0 Å². The van der Waals surface area contributed by atoms with Gasteiger partial charge in [-0.1, -0.05) is 36.4 Å². The van der Waals surface area contributed by atoms with Crippen molar-refractivity contribution in [3.63, 3.8) is 0 Å². The van der Waals surface area contributed by atoms with Crippen LogP contribution in [0.15, 0.2) is 60.7 Å². The summed E-state index contributed by atoms with van der Waals surface area (Å²) in [6.45, 7) is 3.76. The van der Waals surface area contributed by atoms with Gasteiger partial charge in [-0.2, -0.15) is 0 Å². The average molecular weight is 473 g/mol. The van der Waals surface area contributed by atoms with Crippen LogP contribution in [0.1, 0.15) is 44.5 Å². The molecule has 0 aliphatic heterocycles. The average Bonchev–Trinajstić information content (AvgIpc) is 2.80. The van der Waals surface area contributed by atoms with E-state index >= 15 is 0 Å². The number of rotatable bonds is 6. The van der Waals surface area contributed by atoms with Gasteiger partial charge >= 0.3 is 0 Å². The fraction of sp³-hybridized carbons (Fsp3) is 0.172. The molecule has 35 heavy (non-hydrogen) atoms. The lowest BCUT2D eigenvalue weighted by molar-refractivity contribution is 0.430. The summed E-state index contributed by atoms with van der Waals surface area (Å²) in [5.74, 6) is -0.314. The summed E-state index contributed by atoms with van der Waals surface area (Å²) in [5.41, 5.74) is 4.51. The summed E-state index contributed by atoms with van der Waals surface area (Å²) < 4.78 is 0. The Morgan fingerprint density at radius 3 is 1.66 bits per heavy atom. The summed E-state index contributed by atoms with van der Waals surface area (Å²) in [6.07, 6.45) is 0.425. The Balaban J connectivity index is 1.69. The number of hydrogen-bond donors (Lipinski definition) is 6. The Morgan fingerprint density at radius 2 is 1.00 bits per heavy atom. The Labute approximate surface area is 203 Å². The van der Waals surface area contributed by atoms with Gasteiger partial charge in [0.1, 0.15) is 34.5 Å². The lowest BCUT2D eigenvalue weighted by Crippen LogP contribution is -2.00. The smallest absolute Gasteiger partial charge is 0.126 e. The highest BCUT2D eigenvalue weighted by Gasteiger charge is 2.19. The molecule has 0 heterocycles. The number of phenolic OH excluding ortho intramolecular Hbond substituents is 6. The van der Waals surface area contributed by atoms with E-state index in [9.17, 15) is 30.6 Å². The standard InChI is InChI=1S/C29H28O6/c1-16-6-8-18(27(33)12-16)13-21-17(2)7-9-19(28(21)34)15-23-26(32)11-10-20(29(23)35)14-22-24(30)4-3-5-25(22)31/h3-12,30-35H,13-15H2,1-2H3. The van der Waals surface area contributed by atoms with Crippen LogP contribution in [0.25, 0.3) is 0 Å². The summed E-state index contributed by atoms with van der Waals surface area (Å²) in [7, 11) is 0. The molecule has 0 unspecified atom stereocenters. The molecule has 0 aliphatic rings. The molecule has 0 aliphatic carbocycles. The van der Waals surface area contributed by atoms with Crippen molar-refractivity contribution in [2.75, 3.05) is 0 Å². The minimum Gasteiger partial charge on any atom is -0.508 e. The van der Waals surface area contributed by atoms with Crippen molar-refractivity contribution in [3.8, 4) is 34.5 Å². The Hall–Kier alpha value is -4.32. The third kappa shape index (κ3) is 4.82. The van der Waals surface area contributed by atoms with E-state index in [1.54, 1.807) is 12.1 Å². The largest absolute Gasteiger partial charge is 0.508 e. The van der Waals surface area contributed by atoms with Gasteiger partial charge in [0.25, 0.3) is 0 Å². The summed E-state index contributed by atoms with van der Waals surface area (Å²) >= 11 is 0. The Morgan fingerprint density at radius 1 is 0.486 bits per heavy atom. The summed E-state index contributed by atoms with van der Waals surface area (Å²) in [4.78, 5) is 0. The van der Waals surface area contributed by atoms with Gasteiger partial charge in [-0.25, -0.2) is 0 Å². The van der Waals surface area contributed by atoms with Crippen LogP contribution in [0.5, 0.6) is 34.5 Å². The highest BCUT2D eigenvalue weighted by molar-refractivity contribution is 5.57. The van der Waals surface area contributed by atoms with Crippen molar-refractivity contribution in [2.45, 2.75) is 33.1 Å². The van der Waals surface area contributed by atoms with Crippen molar-refractivity contribution in [3.05, 3.63) is 105 Å². The highest BCUT2D eigenvalue weighted by Crippen LogP contribution is 2.39. The van der Waals surface area contributed by atoms with Crippen LogP contribution in [-0.4, -0.2) is 30.6 Å². The first-order valence-corrected chi connectivity index (χ1v) is 11.3. The van der Waals surface area contributed by atoms with E-state index in [2.05, 4.69) is 0 Å². The van der Waals surface area contributed by atoms with Crippen LogP contribution in [0.4, 0.5) is 0 Å². The molecule has 0 fully saturated rings. The van der Waals surface area contributed by atoms with E-state index in [0.29, 0.717) is 28.7 Å². The minimum absolute atomic E-state index is 0.0347. The lowest BCUT2D eigenvalue weighted by atomic mass is 9.92. The minimum atomic E-state index is -0.176. The van der Waals surface area contributed by atoms with E-state index in [1.807, 2.05) is 32.0 Å². The topological polar surface area (TPSA) is 121 Å². The molecule has 4 aromatic rings. The SMILES string of the molecule is Cc1ccc(Cc2c(C)ccc(Cc3c(O)ccc(Cc4c(O)cccc4O)c3O)c2O)c(O)c1. The van der Waals surface area contributed by atoms with Crippen LogP contribution in [0.3, 0.4) is 0 Å². The second-order valence-corrected chi connectivity index (χ2v) is 8.88. The summed E-state index contributed by atoms with van der Waals surface area (Å²) in [6, 6.07) is 16.4. The van der Waals surface area contributed by atoms with Gasteiger partial charge in [0.2, 0.25) is 0 Å². The molecule has 6 N–H and O–H groups in total. The number of hydrogen-bond acceptors (Lipinski definition) is 6.